The van der Waals surface area contributed by atoms with E-state index in [1.807, 2.05) is 20.9 Å². The van der Waals surface area contributed by atoms with Gasteiger partial charge in [-0.1, -0.05) is 0 Å². The molecule has 0 aliphatic heterocycles. The highest BCUT2D eigenvalue weighted by Gasteiger charge is 2.18. The zero-order valence-electron chi connectivity index (χ0n) is 9.78. The van der Waals surface area contributed by atoms with Crippen LogP contribution in [0.25, 0.3) is 0 Å². The van der Waals surface area contributed by atoms with Gasteiger partial charge in [-0.2, -0.15) is 12.7 Å². The first-order chi connectivity index (χ1) is 6.41. The minimum atomic E-state index is -3.28. The highest BCUT2D eigenvalue weighted by Crippen LogP contribution is 1.99. The number of hydrogen-bond donors (Lipinski definition) is 2. The average molecular weight is 260 g/mol. The summed E-state index contributed by atoms with van der Waals surface area (Å²) in [7, 11) is 0.132. The van der Waals surface area contributed by atoms with Crippen molar-refractivity contribution < 1.29 is 8.42 Å². The second-order valence-corrected chi connectivity index (χ2v) is 5.28. The molecule has 0 radical (unpaired) electrons. The molecule has 0 aromatic heterocycles. The monoisotopic (exact) mass is 259 g/mol. The quantitative estimate of drug-likeness (QED) is 0.642. The Labute approximate surface area is 99.2 Å². The standard InChI is InChI=1S/C8H21N3O2S.ClH/c1-8(2)11(4)14(12,13)10-7-5-6-9-3;/h8-10H,5-7H2,1-4H3;1H. The van der Waals surface area contributed by atoms with Crippen molar-refractivity contribution >= 4 is 22.6 Å². The van der Waals surface area contributed by atoms with Crippen molar-refractivity contribution in [3.8, 4) is 0 Å². The van der Waals surface area contributed by atoms with Gasteiger partial charge in [-0.25, -0.2) is 4.72 Å². The lowest BCUT2D eigenvalue weighted by atomic mass is 10.4. The topological polar surface area (TPSA) is 61.4 Å². The Morgan fingerprint density at radius 2 is 1.80 bits per heavy atom. The minimum absolute atomic E-state index is 0. The van der Waals surface area contributed by atoms with E-state index < -0.39 is 10.2 Å². The van der Waals surface area contributed by atoms with Crippen molar-refractivity contribution in [3.63, 3.8) is 0 Å². The summed E-state index contributed by atoms with van der Waals surface area (Å²) in [6, 6.07) is -0.0169. The van der Waals surface area contributed by atoms with E-state index in [4.69, 9.17) is 0 Å². The fourth-order valence-corrected chi connectivity index (χ4v) is 2.01. The number of halogens is 1. The lowest BCUT2D eigenvalue weighted by Gasteiger charge is -2.21. The van der Waals surface area contributed by atoms with Gasteiger partial charge in [-0.15, -0.1) is 12.4 Å². The SMILES string of the molecule is CNCCCNS(=O)(=O)N(C)C(C)C.Cl. The average Bonchev–Trinajstić information content (AvgIpc) is 2.11. The summed E-state index contributed by atoms with van der Waals surface area (Å²) in [5.41, 5.74) is 0. The van der Waals surface area contributed by atoms with Gasteiger partial charge in [0, 0.05) is 19.6 Å². The van der Waals surface area contributed by atoms with Crippen LogP contribution in [0.3, 0.4) is 0 Å². The molecule has 94 valence electrons. The maximum absolute atomic E-state index is 11.5. The van der Waals surface area contributed by atoms with E-state index >= 15 is 0 Å². The van der Waals surface area contributed by atoms with Gasteiger partial charge in [0.15, 0.2) is 0 Å². The molecule has 0 saturated heterocycles. The van der Waals surface area contributed by atoms with Gasteiger partial charge < -0.3 is 5.32 Å². The molecule has 7 heteroatoms. The molecule has 0 aromatic carbocycles. The molecule has 0 unspecified atom stereocenters. The first-order valence-electron chi connectivity index (χ1n) is 4.79. The van der Waals surface area contributed by atoms with E-state index in [2.05, 4.69) is 10.0 Å². The molecule has 0 aliphatic carbocycles. The molecule has 0 bridgehead atoms. The number of nitrogens with zero attached hydrogens (tertiary/aromatic N) is 1. The summed E-state index contributed by atoms with van der Waals surface area (Å²) in [5.74, 6) is 0. The Hall–Kier alpha value is 0.120. The van der Waals surface area contributed by atoms with Crippen LogP contribution >= 0.6 is 12.4 Å². The summed E-state index contributed by atoms with van der Waals surface area (Å²) in [6.07, 6.45) is 0.793. The lowest BCUT2D eigenvalue weighted by molar-refractivity contribution is 0.402. The summed E-state index contributed by atoms with van der Waals surface area (Å²) in [5, 5.41) is 2.96. The Kier molecular flexibility index (Phi) is 9.68. The molecule has 0 amide bonds. The van der Waals surface area contributed by atoms with Gasteiger partial charge in [-0.05, 0) is 33.9 Å². The number of hydrogen-bond acceptors (Lipinski definition) is 3. The molecule has 0 heterocycles. The van der Waals surface area contributed by atoms with Crippen LogP contribution < -0.4 is 10.0 Å². The van der Waals surface area contributed by atoms with Gasteiger partial charge in [0.1, 0.15) is 0 Å². The van der Waals surface area contributed by atoms with Crippen LogP contribution in [0.2, 0.25) is 0 Å². The van der Waals surface area contributed by atoms with Gasteiger partial charge in [0.2, 0.25) is 0 Å². The van der Waals surface area contributed by atoms with Crippen molar-refractivity contribution in [1.29, 1.82) is 0 Å². The molecule has 5 nitrogen and oxygen atoms in total. The molecule has 15 heavy (non-hydrogen) atoms. The summed E-state index contributed by atoms with van der Waals surface area (Å²) < 4.78 is 26.9. The Balaban J connectivity index is 0. The van der Waals surface area contributed by atoms with E-state index in [0.29, 0.717) is 6.54 Å². The fraction of sp³-hybridized carbons (Fsp3) is 1.00. The molecular formula is C8H22ClN3O2S. The van der Waals surface area contributed by atoms with Crippen LogP contribution in [0.4, 0.5) is 0 Å². The fourth-order valence-electron chi connectivity index (χ4n) is 0.846. The van der Waals surface area contributed by atoms with E-state index in [0.717, 1.165) is 13.0 Å². The zero-order chi connectivity index (χ0) is 11.2. The minimum Gasteiger partial charge on any atom is -0.320 e. The van der Waals surface area contributed by atoms with Crippen molar-refractivity contribution in [1.82, 2.24) is 14.3 Å². The van der Waals surface area contributed by atoms with Crippen molar-refractivity contribution in [3.05, 3.63) is 0 Å². The smallest absolute Gasteiger partial charge is 0.279 e. The van der Waals surface area contributed by atoms with Gasteiger partial charge in [0.05, 0.1) is 0 Å². The second kappa shape index (κ2) is 8.29. The Bertz CT molecular complexity index is 244. The molecule has 2 N–H and O–H groups in total. The Morgan fingerprint density at radius 1 is 1.27 bits per heavy atom. The van der Waals surface area contributed by atoms with E-state index in [9.17, 15) is 8.42 Å². The van der Waals surface area contributed by atoms with Crippen molar-refractivity contribution in [2.75, 3.05) is 27.2 Å². The molecule has 0 spiro atoms. The highest BCUT2D eigenvalue weighted by molar-refractivity contribution is 7.87. The summed E-state index contributed by atoms with van der Waals surface area (Å²) in [4.78, 5) is 0. The molecule has 0 fully saturated rings. The third-order valence-corrected chi connectivity index (χ3v) is 3.74. The van der Waals surface area contributed by atoms with E-state index in [1.165, 1.54) is 4.31 Å². The van der Waals surface area contributed by atoms with Crippen LogP contribution in [-0.2, 0) is 10.2 Å². The molecule has 0 aliphatic rings. The molecule has 0 rings (SSSR count). The Morgan fingerprint density at radius 3 is 2.20 bits per heavy atom. The maximum Gasteiger partial charge on any atom is 0.279 e. The van der Waals surface area contributed by atoms with E-state index in [1.54, 1.807) is 7.05 Å². The van der Waals surface area contributed by atoms with E-state index in [-0.39, 0.29) is 18.4 Å². The van der Waals surface area contributed by atoms with Crippen molar-refractivity contribution in [2.45, 2.75) is 26.3 Å². The van der Waals surface area contributed by atoms with Crippen LogP contribution in [0.1, 0.15) is 20.3 Å². The largest absolute Gasteiger partial charge is 0.320 e. The number of nitrogens with one attached hydrogen (secondary N) is 2. The van der Waals surface area contributed by atoms with Crippen LogP contribution in [-0.4, -0.2) is 45.9 Å². The summed E-state index contributed by atoms with van der Waals surface area (Å²) >= 11 is 0. The van der Waals surface area contributed by atoms with Crippen LogP contribution in [0.15, 0.2) is 0 Å². The molecular weight excluding hydrogens is 238 g/mol. The first kappa shape index (κ1) is 17.5. The number of rotatable bonds is 7. The third kappa shape index (κ3) is 7.08. The first-order valence-corrected chi connectivity index (χ1v) is 6.23. The molecule has 0 atom stereocenters. The third-order valence-electron chi connectivity index (χ3n) is 1.99. The predicted octanol–water partition coefficient (Wildman–Crippen LogP) is 0.192. The second-order valence-electron chi connectivity index (χ2n) is 3.47. The van der Waals surface area contributed by atoms with Gasteiger partial charge in [0.25, 0.3) is 10.2 Å². The molecule has 0 saturated carbocycles. The van der Waals surface area contributed by atoms with Crippen LogP contribution in [0.5, 0.6) is 0 Å². The zero-order valence-corrected chi connectivity index (χ0v) is 11.4. The normalized spacial score (nSPS) is 11.9. The predicted molar refractivity (Wildman–Crippen MR) is 65.6 cm³/mol. The molecule has 0 aromatic rings. The van der Waals surface area contributed by atoms with Gasteiger partial charge in [-0.3, -0.25) is 0 Å². The summed E-state index contributed by atoms with van der Waals surface area (Å²) in [6.45, 7) is 4.97. The van der Waals surface area contributed by atoms with Gasteiger partial charge >= 0.3 is 0 Å². The maximum atomic E-state index is 11.5. The van der Waals surface area contributed by atoms with Crippen LogP contribution in [0, 0.1) is 0 Å². The lowest BCUT2D eigenvalue weighted by Crippen LogP contribution is -2.42. The van der Waals surface area contributed by atoms with Crippen molar-refractivity contribution in [2.24, 2.45) is 0 Å². The highest BCUT2D eigenvalue weighted by atomic mass is 35.5.